The number of alkyl halides is 1. The maximum Gasteiger partial charge on any atom is 0.337 e. The topological polar surface area (TPSA) is 44.8 Å². The molecule has 106 valence electrons. The van der Waals surface area contributed by atoms with Crippen molar-refractivity contribution in [3.8, 4) is 11.5 Å². The molecule has 0 aromatic heterocycles. The third kappa shape index (κ3) is 4.42. The SMILES string of the molecule is COC(=O)c1ccc(OCC(C)(C)CBr)c(OC)c1. The highest BCUT2D eigenvalue weighted by molar-refractivity contribution is 9.09. The van der Waals surface area contributed by atoms with Gasteiger partial charge in [0.15, 0.2) is 11.5 Å². The minimum absolute atomic E-state index is 0.0199. The Labute approximate surface area is 122 Å². The molecule has 0 aliphatic rings. The van der Waals surface area contributed by atoms with E-state index >= 15 is 0 Å². The summed E-state index contributed by atoms with van der Waals surface area (Å²) in [5, 5.41) is 0.836. The van der Waals surface area contributed by atoms with Gasteiger partial charge in [-0.15, -0.1) is 0 Å². The first-order valence-corrected chi connectivity index (χ1v) is 7.01. The molecule has 0 radical (unpaired) electrons. The number of hydrogen-bond acceptors (Lipinski definition) is 4. The van der Waals surface area contributed by atoms with E-state index in [1.54, 1.807) is 25.3 Å². The van der Waals surface area contributed by atoms with Gasteiger partial charge in [0.2, 0.25) is 0 Å². The molecule has 19 heavy (non-hydrogen) atoms. The van der Waals surface area contributed by atoms with Crippen molar-refractivity contribution in [3.63, 3.8) is 0 Å². The fraction of sp³-hybridized carbons (Fsp3) is 0.500. The van der Waals surface area contributed by atoms with Crippen molar-refractivity contribution in [1.29, 1.82) is 0 Å². The average molecular weight is 331 g/mol. The Morgan fingerprint density at radius 3 is 2.47 bits per heavy atom. The van der Waals surface area contributed by atoms with Gasteiger partial charge in [-0.3, -0.25) is 0 Å². The Kier molecular flexibility index (Phi) is 5.66. The molecule has 1 aromatic rings. The van der Waals surface area contributed by atoms with Crippen molar-refractivity contribution in [2.75, 3.05) is 26.2 Å². The number of benzene rings is 1. The second-order valence-corrected chi connectivity index (χ2v) is 5.50. The van der Waals surface area contributed by atoms with Gasteiger partial charge < -0.3 is 14.2 Å². The highest BCUT2D eigenvalue weighted by Crippen LogP contribution is 2.30. The minimum atomic E-state index is -0.398. The summed E-state index contributed by atoms with van der Waals surface area (Å²) in [5.41, 5.74) is 0.456. The Hall–Kier alpha value is -1.23. The van der Waals surface area contributed by atoms with E-state index in [4.69, 9.17) is 9.47 Å². The lowest BCUT2D eigenvalue weighted by Crippen LogP contribution is -2.23. The summed E-state index contributed by atoms with van der Waals surface area (Å²) in [6.07, 6.45) is 0. The third-order valence-electron chi connectivity index (χ3n) is 2.56. The van der Waals surface area contributed by atoms with E-state index in [-0.39, 0.29) is 5.41 Å². The molecule has 0 N–H and O–H groups in total. The number of halogens is 1. The summed E-state index contributed by atoms with van der Waals surface area (Å²) in [7, 11) is 2.89. The first-order chi connectivity index (χ1) is 8.93. The van der Waals surface area contributed by atoms with E-state index in [2.05, 4.69) is 34.5 Å². The van der Waals surface area contributed by atoms with Crippen LogP contribution in [0.25, 0.3) is 0 Å². The van der Waals surface area contributed by atoms with Crippen LogP contribution >= 0.6 is 15.9 Å². The first kappa shape index (κ1) is 15.8. The summed E-state index contributed by atoms with van der Waals surface area (Å²) in [4.78, 5) is 11.4. The lowest BCUT2D eigenvalue weighted by atomic mass is 9.98. The van der Waals surface area contributed by atoms with Crippen LogP contribution in [0, 0.1) is 5.41 Å². The summed E-state index contributed by atoms with van der Waals surface area (Å²) in [6, 6.07) is 4.99. The lowest BCUT2D eigenvalue weighted by Gasteiger charge is -2.22. The summed E-state index contributed by atoms with van der Waals surface area (Å²) in [6.45, 7) is 4.74. The van der Waals surface area contributed by atoms with Gasteiger partial charge in [-0.1, -0.05) is 29.8 Å². The fourth-order valence-corrected chi connectivity index (χ4v) is 1.51. The van der Waals surface area contributed by atoms with E-state index in [1.807, 2.05) is 0 Å². The largest absolute Gasteiger partial charge is 0.493 e. The van der Waals surface area contributed by atoms with E-state index in [9.17, 15) is 4.79 Å². The lowest BCUT2D eigenvalue weighted by molar-refractivity contribution is 0.0600. The maximum absolute atomic E-state index is 11.4. The van der Waals surface area contributed by atoms with Gasteiger partial charge in [0.25, 0.3) is 0 Å². The quantitative estimate of drug-likeness (QED) is 0.593. The average Bonchev–Trinajstić information content (AvgIpc) is 2.44. The standard InChI is InChI=1S/C14H19BrO4/c1-14(2,8-15)9-19-11-6-5-10(13(16)18-4)7-12(11)17-3/h5-7H,8-9H2,1-4H3. The van der Waals surface area contributed by atoms with E-state index in [1.165, 1.54) is 7.11 Å². The summed E-state index contributed by atoms with van der Waals surface area (Å²) < 4.78 is 15.6. The van der Waals surface area contributed by atoms with Crippen LogP contribution in [-0.4, -0.2) is 32.1 Å². The molecule has 0 amide bonds. The molecule has 0 unspecified atom stereocenters. The minimum Gasteiger partial charge on any atom is -0.493 e. The van der Waals surface area contributed by atoms with Crippen LogP contribution in [0.5, 0.6) is 11.5 Å². The van der Waals surface area contributed by atoms with Gasteiger partial charge in [0.1, 0.15) is 0 Å². The van der Waals surface area contributed by atoms with Gasteiger partial charge in [-0.2, -0.15) is 0 Å². The molecule has 4 nitrogen and oxygen atoms in total. The van der Waals surface area contributed by atoms with Crippen molar-refractivity contribution >= 4 is 21.9 Å². The van der Waals surface area contributed by atoms with Crippen molar-refractivity contribution in [2.24, 2.45) is 5.41 Å². The predicted octanol–water partition coefficient (Wildman–Crippen LogP) is 3.28. The van der Waals surface area contributed by atoms with E-state index in [0.29, 0.717) is 23.7 Å². The van der Waals surface area contributed by atoms with Gasteiger partial charge in [0, 0.05) is 10.7 Å². The smallest absolute Gasteiger partial charge is 0.337 e. The zero-order valence-electron chi connectivity index (χ0n) is 11.7. The fourth-order valence-electron chi connectivity index (χ4n) is 1.34. The van der Waals surface area contributed by atoms with Gasteiger partial charge in [-0.25, -0.2) is 4.79 Å². The van der Waals surface area contributed by atoms with Crippen LogP contribution in [0.1, 0.15) is 24.2 Å². The van der Waals surface area contributed by atoms with Gasteiger partial charge in [0.05, 0.1) is 26.4 Å². The number of ether oxygens (including phenoxy) is 3. The second kappa shape index (κ2) is 6.80. The normalized spacial score (nSPS) is 11.0. The highest BCUT2D eigenvalue weighted by atomic mass is 79.9. The van der Waals surface area contributed by atoms with Crippen molar-refractivity contribution in [3.05, 3.63) is 23.8 Å². The molecule has 0 spiro atoms. The Bertz CT molecular complexity index is 443. The number of rotatable bonds is 6. The summed E-state index contributed by atoms with van der Waals surface area (Å²) in [5.74, 6) is 0.739. The van der Waals surface area contributed by atoms with Crippen LogP contribution in [0.2, 0.25) is 0 Å². The molecule has 0 atom stereocenters. The van der Waals surface area contributed by atoms with Gasteiger partial charge >= 0.3 is 5.97 Å². The molecule has 0 aliphatic carbocycles. The number of carbonyl (C=O) groups is 1. The monoisotopic (exact) mass is 330 g/mol. The first-order valence-electron chi connectivity index (χ1n) is 5.88. The number of methoxy groups -OCH3 is 2. The van der Waals surface area contributed by atoms with Crippen LogP contribution < -0.4 is 9.47 Å². The molecule has 0 aliphatic heterocycles. The predicted molar refractivity (Wildman–Crippen MR) is 77.4 cm³/mol. The van der Waals surface area contributed by atoms with Crippen LogP contribution in [0.3, 0.4) is 0 Å². The maximum atomic E-state index is 11.4. The number of carbonyl (C=O) groups excluding carboxylic acids is 1. The number of hydrogen-bond donors (Lipinski definition) is 0. The molecule has 0 saturated heterocycles. The van der Waals surface area contributed by atoms with Crippen LogP contribution in [-0.2, 0) is 4.74 Å². The Morgan fingerprint density at radius 2 is 1.95 bits per heavy atom. The number of esters is 1. The van der Waals surface area contributed by atoms with Crippen LogP contribution in [0.4, 0.5) is 0 Å². The second-order valence-electron chi connectivity index (χ2n) is 4.94. The molecule has 0 fully saturated rings. The molecule has 0 heterocycles. The van der Waals surface area contributed by atoms with Crippen molar-refractivity contribution in [2.45, 2.75) is 13.8 Å². The Balaban J connectivity index is 2.88. The summed E-state index contributed by atoms with van der Waals surface area (Å²) >= 11 is 3.45. The molecule has 0 saturated carbocycles. The molecule has 0 bridgehead atoms. The molecular weight excluding hydrogens is 312 g/mol. The molecule has 1 aromatic carbocycles. The zero-order chi connectivity index (χ0) is 14.5. The van der Waals surface area contributed by atoms with Crippen molar-refractivity contribution < 1.29 is 19.0 Å². The van der Waals surface area contributed by atoms with E-state index < -0.39 is 5.97 Å². The van der Waals surface area contributed by atoms with Crippen LogP contribution in [0.15, 0.2) is 18.2 Å². The third-order valence-corrected chi connectivity index (χ3v) is 4.08. The van der Waals surface area contributed by atoms with E-state index in [0.717, 1.165) is 5.33 Å². The Morgan fingerprint density at radius 1 is 1.26 bits per heavy atom. The molecule has 1 rings (SSSR count). The molecule has 5 heteroatoms. The highest BCUT2D eigenvalue weighted by Gasteiger charge is 2.19. The van der Waals surface area contributed by atoms with Gasteiger partial charge in [-0.05, 0) is 18.2 Å². The molecular formula is C14H19BrO4. The van der Waals surface area contributed by atoms with Crippen molar-refractivity contribution in [1.82, 2.24) is 0 Å². The zero-order valence-corrected chi connectivity index (χ0v) is 13.2.